The van der Waals surface area contributed by atoms with Gasteiger partial charge in [0.05, 0.1) is 0 Å². The molecular formula is C17H29NOSi. The van der Waals surface area contributed by atoms with Gasteiger partial charge in [-0.3, -0.25) is 0 Å². The highest BCUT2D eigenvalue weighted by atomic mass is 28.4. The molecule has 0 aliphatic heterocycles. The first kappa shape index (κ1) is 15.6. The molecule has 1 aromatic rings. The van der Waals surface area contributed by atoms with Crippen molar-refractivity contribution in [3.05, 3.63) is 28.8 Å². The Labute approximate surface area is 124 Å². The van der Waals surface area contributed by atoms with E-state index in [-0.39, 0.29) is 5.04 Å². The summed E-state index contributed by atoms with van der Waals surface area (Å²) in [4.78, 5) is 0. The predicted molar refractivity (Wildman–Crippen MR) is 88.8 cm³/mol. The normalized spacial score (nSPS) is 15.9. The van der Waals surface area contributed by atoms with Crippen molar-refractivity contribution in [1.29, 1.82) is 0 Å². The molecule has 3 heteroatoms. The molecule has 2 nitrogen and oxygen atoms in total. The maximum atomic E-state index is 6.51. The number of rotatable bonds is 3. The summed E-state index contributed by atoms with van der Waals surface area (Å²) in [5.41, 5.74) is 10.2. The molecule has 2 N–H and O–H groups in total. The maximum Gasteiger partial charge on any atom is 0.250 e. The molecule has 0 unspecified atom stereocenters. The maximum absolute atomic E-state index is 6.51. The fourth-order valence-corrected chi connectivity index (χ4v) is 3.68. The average Bonchev–Trinajstić information content (AvgIpc) is 2.36. The molecular weight excluding hydrogens is 262 g/mol. The minimum Gasteiger partial charge on any atom is -0.543 e. The minimum absolute atomic E-state index is 0.217. The van der Waals surface area contributed by atoms with Crippen LogP contribution in [0.3, 0.4) is 0 Å². The quantitative estimate of drug-likeness (QED) is 0.837. The van der Waals surface area contributed by atoms with E-state index in [0.29, 0.717) is 6.54 Å². The number of benzene rings is 1. The Hall–Kier alpha value is -0.803. The van der Waals surface area contributed by atoms with Gasteiger partial charge < -0.3 is 10.2 Å². The Morgan fingerprint density at radius 3 is 2.40 bits per heavy atom. The van der Waals surface area contributed by atoms with E-state index in [2.05, 4.69) is 46.0 Å². The fourth-order valence-electron chi connectivity index (χ4n) is 2.63. The van der Waals surface area contributed by atoms with Gasteiger partial charge in [-0.05, 0) is 61.0 Å². The van der Waals surface area contributed by atoms with Crippen molar-refractivity contribution in [2.75, 3.05) is 0 Å². The first-order valence-electron chi connectivity index (χ1n) is 7.79. The van der Waals surface area contributed by atoms with Crippen molar-refractivity contribution in [2.45, 2.75) is 71.1 Å². The topological polar surface area (TPSA) is 35.2 Å². The van der Waals surface area contributed by atoms with Crippen LogP contribution in [0.15, 0.2) is 12.1 Å². The van der Waals surface area contributed by atoms with Crippen molar-refractivity contribution in [3.8, 4) is 5.75 Å². The molecule has 0 amide bonds. The molecule has 112 valence electrons. The Kier molecular flexibility index (Phi) is 4.31. The van der Waals surface area contributed by atoms with Crippen LogP contribution in [0.1, 0.15) is 50.3 Å². The van der Waals surface area contributed by atoms with Crippen LogP contribution in [0.5, 0.6) is 5.75 Å². The summed E-state index contributed by atoms with van der Waals surface area (Å²) in [5, 5.41) is 0.217. The third kappa shape index (κ3) is 2.94. The number of hydrogen-bond acceptors (Lipinski definition) is 2. The largest absolute Gasteiger partial charge is 0.543 e. The fraction of sp³-hybridized carbons (Fsp3) is 0.647. The van der Waals surface area contributed by atoms with Crippen molar-refractivity contribution in [3.63, 3.8) is 0 Å². The standard InChI is InChI=1S/C17H29NOSi/c1-17(2,3)20(4,5)19-16-11-10-13-8-6-7-9-14(13)15(16)12-18/h10-11H,6-9,12,18H2,1-5H3. The molecule has 0 heterocycles. The van der Waals surface area contributed by atoms with Gasteiger partial charge in [0.2, 0.25) is 8.32 Å². The van der Waals surface area contributed by atoms with E-state index in [0.717, 1.165) is 12.2 Å². The smallest absolute Gasteiger partial charge is 0.250 e. The van der Waals surface area contributed by atoms with Gasteiger partial charge in [-0.25, -0.2) is 0 Å². The predicted octanol–water partition coefficient (Wildman–Crippen LogP) is 4.41. The lowest BCUT2D eigenvalue weighted by Crippen LogP contribution is -2.44. The second-order valence-electron chi connectivity index (χ2n) is 7.45. The first-order valence-corrected chi connectivity index (χ1v) is 10.7. The molecule has 0 radical (unpaired) electrons. The van der Waals surface area contributed by atoms with Crippen LogP contribution < -0.4 is 10.2 Å². The summed E-state index contributed by atoms with van der Waals surface area (Å²) >= 11 is 0. The van der Waals surface area contributed by atoms with Crippen LogP contribution in [0.4, 0.5) is 0 Å². The van der Waals surface area contributed by atoms with E-state index < -0.39 is 8.32 Å². The van der Waals surface area contributed by atoms with Crippen LogP contribution >= 0.6 is 0 Å². The van der Waals surface area contributed by atoms with E-state index in [1.807, 2.05) is 0 Å². The molecule has 1 aromatic carbocycles. The van der Waals surface area contributed by atoms with Crippen molar-refractivity contribution < 1.29 is 4.43 Å². The van der Waals surface area contributed by atoms with E-state index in [1.165, 1.54) is 36.0 Å². The van der Waals surface area contributed by atoms with E-state index >= 15 is 0 Å². The zero-order chi connectivity index (χ0) is 15.0. The summed E-state index contributed by atoms with van der Waals surface area (Å²) in [7, 11) is -1.79. The highest BCUT2D eigenvalue weighted by Gasteiger charge is 2.39. The van der Waals surface area contributed by atoms with Crippen LogP contribution in [-0.2, 0) is 19.4 Å². The third-order valence-corrected chi connectivity index (χ3v) is 9.33. The first-order chi connectivity index (χ1) is 9.26. The zero-order valence-electron chi connectivity index (χ0n) is 13.7. The summed E-state index contributed by atoms with van der Waals surface area (Å²) < 4.78 is 6.51. The van der Waals surface area contributed by atoms with Gasteiger partial charge in [0, 0.05) is 12.1 Å². The lowest BCUT2D eigenvalue weighted by Gasteiger charge is -2.37. The van der Waals surface area contributed by atoms with Crippen molar-refractivity contribution >= 4 is 8.32 Å². The summed E-state index contributed by atoms with van der Waals surface area (Å²) in [6.07, 6.45) is 4.95. The molecule has 0 spiro atoms. The molecule has 2 rings (SSSR count). The number of hydrogen-bond donors (Lipinski definition) is 1. The van der Waals surface area contributed by atoms with Crippen LogP contribution in [-0.4, -0.2) is 8.32 Å². The Morgan fingerprint density at radius 1 is 1.15 bits per heavy atom. The van der Waals surface area contributed by atoms with Gasteiger partial charge in [0.15, 0.2) is 0 Å². The number of fused-ring (bicyclic) bond motifs is 1. The Bertz CT molecular complexity index is 488. The average molecular weight is 292 g/mol. The van der Waals surface area contributed by atoms with E-state index in [9.17, 15) is 0 Å². The Morgan fingerprint density at radius 2 is 1.80 bits per heavy atom. The summed E-state index contributed by atoms with van der Waals surface area (Å²) in [5.74, 6) is 1.04. The van der Waals surface area contributed by atoms with Crippen LogP contribution in [0.2, 0.25) is 18.1 Å². The van der Waals surface area contributed by atoms with Gasteiger partial charge in [-0.15, -0.1) is 0 Å². The van der Waals surface area contributed by atoms with Gasteiger partial charge >= 0.3 is 0 Å². The Balaban J connectivity index is 2.38. The monoisotopic (exact) mass is 291 g/mol. The van der Waals surface area contributed by atoms with E-state index in [4.69, 9.17) is 10.2 Å². The molecule has 0 fully saturated rings. The summed E-state index contributed by atoms with van der Waals surface area (Å²) in [6.45, 7) is 12.0. The van der Waals surface area contributed by atoms with Gasteiger partial charge in [-0.1, -0.05) is 26.8 Å². The molecule has 1 aliphatic carbocycles. The SMILES string of the molecule is CC(C)(C)[Si](C)(C)Oc1ccc2c(c1CN)CCCC2. The zero-order valence-corrected chi connectivity index (χ0v) is 14.7. The molecule has 0 bridgehead atoms. The molecule has 1 aliphatic rings. The van der Waals surface area contributed by atoms with Gasteiger partial charge in [0.25, 0.3) is 0 Å². The number of nitrogens with two attached hydrogens (primary N) is 1. The van der Waals surface area contributed by atoms with Gasteiger partial charge in [0.1, 0.15) is 5.75 Å². The lowest BCUT2D eigenvalue weighted by molar-refractivity contribution is 0.485. The molecule has 0 saturated carbocycles. The molecule has 0 atom stereocenters. The van der Waals surface area contributed by atoms with Gasteiger partial charge in [-0.2, -0.15) is 0 Å². The minimum atomic E-state index is -1.79. The molecule has 20 heavy (non-hydrogen) atoms. The summed E-state index contributed by atoms with van der Waals surface area (Å²) in [6, 6.07) is 4.42. The molecule has 0 aromatic heterocycles. The second-order valence-corrected chi connectivity index (χ2v) is 12.2. The molecule has 0 saturated heterocycles. The number of aryl methyl sites for hydroxylation is 1. The lowest BCUT2D eigenvalue weighted by atomic mass is 9.88. The van der Waals surface area contributed by atoms with Crippen molar-refractivity contribution in [1.82, 2.24) is 0 Å². The van der Waals surface area contributed by atoms with Crippen LogP contribution in [0.25, 0.3) is 0 Å². The van der Waals surface area contributed by atoms with Crippen molar-refractivity contribution in [2.24, 2.45) is 5.73 Å². The second kappa shape index (κ2) is 5.53. The van der Waals surface area contributed by atoms with Crippen LogP contribution in [0, 0.1) is 0 Å². The highest BCUT2D eigenvalue weighted by Crippen LogP contribution is 2.39. The third-order valence-electron chi connectivity index (χ3n) is 4.98. The highest BCUT2D eigenvalue weighted by molar-refractivity contribution is 6.74. The van der Waals surface area contributed by atoms with E-state index in [1.54, 1.807) is 0 Å².